The maximum atomic E-state index is 13.1. The van der Waals surface area contributed by atoms with E-state index >= 15 is 0 Å². The summed E-state index contributed by atoms with van der Waals surface area (Å²) in [6, 6.07) is 20.7. The van der Waals surface area contributed by atoms with Gasteiger partial charge in [-0.15, -0.1) is 0 Å². The lowest BCUT2D eigenvalue weighted by Crippen LogP contribution is -2.50. The lowest BCUT2D eigenvalue weighted by molar-refractivity contribution is 0.0532. The molecule has 4 aromatic rings. The van der Waals surface area contributed by atoms with Gasteiger partial charge in [0.25, 0.3) is 11.8 Å². The Kier molecular flexibility index (Phi) is 6.71. The van der Waals surface area contributed by atoms with Crippen LogP contribution in [-0.4, -0.2) is 66.2 Å². The third-order valence-electron chi connectivity index (χ3n) is 6.45. The lowest BCUT2D eigenvalue weighted by atomic mass is 10.1. The van der Waals surface area contributed by atoms with Crippen LogP contribution in [-0.2, 0) is 15.6 Å². The van der Waals surface area contributed by atoms with Gasteiger partial charge >= 0.3 is 0 Å². The van der Waals surface area contributed by atoms with Gasteiger partial charge in [-0.3, -0.25) is 14.6 Å². The summed E-state index contributed by atoms with van der Waals surface area (Å²) in [7, 11) is -3.63. The van der Waals surface area contributed by atoms with E-state index in [9.17, 15) is 18.0 Å². The van der Waals surface area contributed by atoms with Gasteiger partial charge in [0.05, 0.1) is 16.2 Å². The van der Waals surface area contributed by atoms with Crippen LogP contribution >= 0.6 is 0 Å². The van der Waals surface area contributed by atoms with Crippen LogP contribution in [0.25, 0.3) is 10.9 Å². The summed E-state index contributed by atoms with van der Waals surface area (Å²) in [5.41, 5.74) is 2.71. The van der Waals surface area contributed by atoms with Gasteiger partial charge in [-0.05, 0) is 48.9 Å². The third kappa shape index (κ3) is 5.22. The van der Waals surface area contributed by atoms with Crippen LogP contribution in [0.4, 0.5) is 0 Å². The first-order chi connectivity index (χ1) is 17.8. The summed E-state index contributed by atoms with van der Waals surface area (Å²) in [4.78, 5) is 37.9. The van der Waals surface area contributed by atoms with Crippen LogP contribution in [0.2, 0.25) is 0 Å². The van der Waals surface area contributed by atoms with Crippen molar-refractivity contribution in [1.82, 2.24) is 19.8 Å². The van der Waals surface area contributed by atoms with Crippen molar-refractivity contribution in [1.29, 1.82) is 0 Å². The van der Waals surface area contributed by atoms with Crippen LogP contribution in [0.15, 0.2) is 83.9 Å². The van der Waals surface area contributed by atoms with Gasteiger partial charge in [0.15, 0.2) is 9.84 Å². The molecule has 0 radical (unpaired) electrons. The molecule has 188 valence electrons. The van der Waals surface area contributed by atoms with Crippen LogP contribution in [0.1, 0.15) is 32.1 Å². The topological polar surface area (TPSA) is 101 Å². The second-order valence-corrected chi connectivity index (χ2v) is 11.0. The van der Waals surface area contributed by atoms with E-state index in [2.05, 4.69) is 9.97 Å². The van der Waals surface area contributed by atoms with Gasteiger partial charge in [-0.2, -0.15) is 0 Å². The first kappa shape index (κ1) is 24.6. The lowest BCUT2D eigenvalue weighted by Gasteiger charge is -2.34. The molecular weight excluding hydrogens is 488 g/mol. The minimum absolute atomic E-state index is 0.136. The number of aryl methyl sites for hydroxylation is 1. The second-order valence-electron chi connectivity index (χ2n) is 9.04. The van der Waals surface area contributed by atoms with E-state index in [0.717, 1.165) is 11.1 Å². The number of fused-ring (bicyclic) bond motifs is 1. The van der Waals surface area contributed by atoms with E-state index in [4.69, 9.17) is 0 Å². The van der Waals surface area contributed by atoms with Crippen LogP contribution < -0.4 is 0 Å². The zero-order valence-electron chi connectivity index (χ0n) is 20.4. The molecule has 9 heteroatoms. The quantitative estimate of drug-likeness (QED) is 0.404. The maximum absolute atomic E-state index is 13.1. The molecule has 37 heavy (non-hydrogen) atoms. The van der Waals surface area contributed by atoms with Crippen molar-refractivity contribution in [2.24, 2.45) is 0 Å². The molecule has 1 aliphatic heterocycles. The molecule has 1 fully saturated rings. The minimum Gasteiger partial charge on any atom is -0.335 e. The van der Waals surface area contributed by atoms with Crippen molar-refractivity contribution in [2.45, 2.75) is 17.6 Å². The molecule has 1 aliphatic rings. The number of para-hydroxylation sites is 1. The fraction of sp³-hybridized carbons (Fsp3) is 0.214. The molecule has 2 amide bonds. The molecule has 8 nitrogen and oxygen atoms in total. The summed E-state index contributed by atoms with van der Waals surface area (Å²) in [5.74, 6) is -0.471. The summed E-state index contributed by atoms with van der Waals surface area (Å²) in [6.07, 6.45) is 1.58. The molecule has 0 N–H and O–H groups in total. The maximum Gasteiger partial charge on any atom is 0.272 e. The Bertz CT molecular complexity index is 1570. The average molecular weight is 515 g/mol. The molecule has 0 bridgehead atoms. The largest absolute Gasteiger partial charge is 0.335 e. The molecular formula is C28H26N4O4S. The van der Waals surface area contributed by atoms with Crippen LogP contribution in [0.3, 0.4) is 0 Å². The van der Waals surface area contributed by atoms with E-state index in [-0.39, 0.29) is 22.5 Å². The number of carbonyl (C=O) groups is 2. The molecule has 5 rings (SSSR count). The Morgan fingerprint density at radius 2 is 1.46 bits per heavy atom. The van der Waals surface area contributed by atoms with Crippen molar-refractivity contribution < 1.29 is 18.0 Å². The molecule has 2 aromatic carbocycles. The molecule has 0 spiro atoms. The fourth-order valence-corrected chi connectivity index (χ4v) is 6.03. The average Bonchev–Trinajstić information content (AvgIpc) is 2.92. The standard InChI is InChI=1S/C28H26N4O4S/c1-20-5-2-8-24(30-20)28(34)32-17-15-31(16-18-32)27(33)23-12-10-21(11-13-23)19-37(35,36)25-9-3-6-22-7-4-14-29-26(22)25/h2-14H,15-19H2,1H3. The molecule has 0 atom stereocenters. The van der Waals surface area contributed by atoms with Gasteiger partial charge in [0.1, 0.15) is 5.69 Å². The highest BCUT2D eigenvalue weighted by Crippen LogP contribution is 2.24. The minimum atomic E-state index is -3.63. The number of carbonyl (C=O) groups excluding carboxylic acids is 2. The fourth-order valence-electron chi connectivity index (χ4n) is 4.49. The Morgan fingerprint density at radius 1 is 0.811 bits per heavy atom. The van der Waals surface area contributed by atoms with E-state index in [0.29, 0.717) is 48.5 Å². The predicted molar refractivity (Wildman–Crippen MR) is 140 cm³/mol. The van der Waals surface area contributed by atoms with Gasteiger partial charge < -0.3 is 9.80 Å². The van der Waals surface area contributed by atoms with Gasteiger partial charge in [0, 0.05) is 49.0 Å². The molecule has 2 aromatic heterocycles. The van der Waals surface area contributed by atoms with Crippen molar-refractivity contribution >= 4 is 32.6 Å². The highest BCUT2D eigenvalue weighted by molar-refractivity contribution is 7.90. The Hall–Kier alpha value is -4.11. The van der Waals surface area contributed by atoms with E-state index < -0.39 is 9.84 Å². The number of benzene rings is 2. The number of hydrogen-bond donors (Lipinski definition) is 0. The molecule has 0 aliphatic carbocycles. The smallest absolute Gasteiger partial charge is 0.272 e. The van der Waals surface area contributed by atoms with Crippen molar-refractivity contribution in [3.8, 4) is 0 Å². The normalized spacial score (nSPS) is 14.1. The first-order valence-electron chi connectivity index (χ1n) is 12.0. The van der Waals surface area contributed by atoms with Crippen LogP contribution in [0.5, 0.6) is 0 Å². The second kappa shape index (κ2) is 10.1. The predicted octanol–water partition coefficient (Wildman–Crippen LogP) is 3.51. The summed E-state index contributed by atoms with van der Waals surface area (Å²) in [5, 5.41) is 0.765. The van der Waals surface area contributed by atoms with Gasteiger partial charge in [-0.1, -0.05) is 36.4 Å². The zero-order chi connectivity index (χ0) is 26.0. The molecule has 0 unspecified atom stereocenters. The highest BCUT2D eigenvalue weighted by atomic mass is 32.2. The Morgan fingerprint density at radius 3 is 2.16 bits per heavy atom. The summed E-state index contributed by atoms with van der Waals surface area (Å²) >= 11 is 0. The van der Waals surface area contributed by atoms with E-state index in [1.54, 1.807) is 64.5 Å². The first-order valence-corrected chi connectivity index (χ1v) is 13.6. The van der Waals surface area contributed by atoms with Gasteiger partial charge in [-0.25, -0.2) is 13.4 Å². The summed E-state index contributed by atoms with van der Waals surface area (Å²) in [6.45, 7) is 3.53. The monoisotopic (exact) mass is 514 g/mol. The van der Waals surface area contributed by atoms with Crippen molar-refractivity contribution in [3.63, 3.8) is 0 Å². The van der Waals surface area contributed by atoms with Gasteiger partial charge in [0.2, 0.25) is 0 Å². The zero-order valence-corrected chi connectivity index (χ0v) is 21.2. The Balaban J connectivity index is 1.23. The number of amides is 2. The Labute approximate surface area is 215 Å². The molecule has 1 saturated heterocycles. The van der Waals surface area contributed by atoms with Crippen molar-refractivity contribution in [2.75, 3.05) is 26.2 Å². The number of nitrogens with zero attached hydrogens (tertiary/aromatic N) is 4. The summed E-state index contributed by atoms with van der Waals surface area (Å²) < 4.78 is 26.3. The molecule has 0 saturated carbocycles. The number of rotatable bonds is 5. The number of sulfone groups is 1. The number of piperazine rings is 1. The molecule has 3 heterocycles. The van der Waals surface area contributed by atoms with Crippen LogP contribution in [0, 0.1) is 6.92 Å². The highest BCUT2D eigenvalue weighted by Gasteiger charge is 2.26. The third-order valence-corrected chi connectivity index (χ3v) is 8.16. The van der Waals surface area contributed by atoms with E-state index in [1.165, 1.54) is 0 Å². The number of aromatic nitrogens is 2. The number of hydrogen-bond acceptors (Lipinski definition) is 6. The number of pyridine rings is 2. The van der Waals surface area contributed by atoms with E-state index in [1.807, 2.05) is 31.2 Å². The SMILES string of the molecule is Cc1cccc(C(=O)N2CCN(C(=O)c3ccc(CS(=O)(=O)c4cccc5cccnc45)cc3)CC2)n1. The van der Waals surface area contributed by atoms with Crippen molar-refractivity contribution in [3.05, 3.63) is 102 Å².